The Balaban J connectivity index is 1.21. The molecule has 0 saturated carbocycles. The van der Waals surface area contributed by atoms with E-state index in [2.05, 4.69) is 133 Å². The number of hydrogen-bond donors (Lipinski definition) is 0. The highest BCUT2D eigenvalue weighted by Crippen LogP contribution is 2.41. The number of piperidine rings is 2. The van der Waals surface area contributed by atoms with Crippen molar-refractivity contribution in [1.82, 2.24) is 20.0 Å². The molecule has 2 aliphatic heterocycles. The smallest absolute Gasteiger partial charge is 0.242 e. The predicted octanol–water partition coefficient (Wildman–Crippen LogP) is 9.15. The van der Waals surface area contributed by atoms with E-state index < -0.39 is 0 Å². The van der Waals surface area contributed by atoms with Crippen LogP contribution in [0.25, 0.3) is 32.3 Å². The number of nitrogens with zero attached hydrogens (tertiary/aromatic N) is 4. The Morgan fingerprint density at radius 1 is 0.500 bits per heavy atom. The van der Waals surface area contributed by atoms with E-state index in [0.29, 0.717) is 11.8 Å². The second-order valence-electron chi connectivity index (χ2n) is 13.7. The molecule has 2 saturated heterocycles. The number of ether oxygens (including phenoxy) is 2. The lowest BCUT2D eigenvalue weighted by Crippen LogP contribution is -2.42. The molecule has 2 fully saturated rings. The summed E-state index contributed by atoms with van der Waals surface area (Å²) in [5.41, 5.74) is 2.38. The maximum atomic E-state index is 7.09. The minimum absolute atomic E-state index is 0.204. The zero-order chi connectivity index (χ0) is 32.5. The number of aromatic nitrogens is 2. The molecule has 2 unspecified atom stereocenters. The molecule has 3 heterocycles. The standard InChI is InChI=1S/C42H44N4O2/c1-45-27-11-9-25-37(45)39(33-23-13-17-29-15-3-5-19-31(29)33)47-41-35-21-7-8-22-36(35)42(44-43-41)48-40(38-26-10-12-28-46(38)2)34-24-14-18-30-16-4-6-20-32(30)34/h3-8,13-24,37-40H,9-12,25-28H2,1-2H3/t37?,38?,39-,40-/m0/s1. The van der Waals surface area contributed by atoms with Crippen LogP contribution in [0.3, 0.4) is 0 Å². The number of fused-ring (bicyclic) bond motifs is 3. The molecule has 4 atom stereocenters. The van der Waals surface area contributed by atoms with Crippen LogP contribution in [-0.4, -0.2) is 59.3 Å². The van der Waals surface area contributed by atoms with Gasteiger partial charge in [-0.25, -0.2) is 0 Å². The first kappa shape index (κ1) is 30.8. The van der Waals surface area contributed by atoms with Crippen molar-refractivity contribution in [3.8, 4) is 11.8 Å². The van der Waals surface area contributed by atoms with E-state index in [1.807, 2.05) is 0 Å². The molecule has 6 aromatic rings. The number of likely N-dealkylation sites (N-methyl/N-ethyl adjacent to an activating group) is 2. The second-order valence-corrected chi connectivity index (χ2v) is 13.7. The molecule has 6 nitrogen and oxygen atoms in total. The van der Waals surface area contributed by atoms with Crippen LogP contribution in [0.2, 0.25) is 0 Å². The molecule has 1 aromatic heterocycles. The quantitative estimate of drug-likeness (QED) is 0.166. The van der Waals surface area contributed by atoms with Crippen molar-refractivity contribution in [2.24, 2.45) is 0 Å². The first-order chi connectivity index (χ1) is 23.7. The number of benzene rings is 5. The van der Waals surface area contributed by atoms with Gasteiger partial charge >= 0.3 is 0 Å². The van der Waals surface area contributed by atoms with E-state index in [1.165, 1.54) is 58.4 Å². The fraction of sp³-hybridized carbons (Fsp3) is 0.333. The monoisotopic (exact) mass is 636 g/mol. The summed E-state index contributed by atoms with van der Waals surface area (Å²) in [5.74, 6) is 1.10. The highest BCUT2D eigenvalue weighted by atomic mass is 16.5. The Morgan fingerprint density at radius 2 is 0.896 bits per heavy atom. The fourth-order valence-electron chi connectivity index (χ4n) is 8.13. The van der Waals surface area contributed by atoms with E-state index >= 15 is 0 Å². The number of hydrogen-bond acceptors (Lipinski definition) is 6. The summed E-state index contributed by atoms with van der Waals surface area (Å²) in [7, 11) is 4.45. The van der Waals surface area contributed by atoms with Gasteiger partial charge in [0.05, 0.1) is 22.9 Å². The summed E-state index contributed by atoms with van der Waals surface area (Å²) >= 11 is 0. The SMILES string of the molecule is CN1CCCCC1[C@@H](Oc1nnc(O[C@@H](c2cccc3ccccc23)C2CCCCN2C)c2ccccc12)c1cccc2ccccc12. The average molecular weight is 637 g/mol. The van der Waals surface area contributed by atoms with E-state index in [1.54, 1.807) is 0 Å². The minimum atomic E-state index is -0.204. The Labute approximate surface area is 283 Å². The lowest BCUT2D eigenvalue weighted by atomic mass is 9.90. The van der Waals surface area contributed by atoms with Crippen LogP contribution < -0.4 is 9.47 Å². The largest absolute Gasteiger partial charge is 0.466 e. The van der Waals surface area contributed by atoms with Gasteiger partial charge in [0.15, 0.2) is 0 Å². The zero-order valence-corrected chi connectivity index (χ0v) is 28.0. The van der Waals surface area contributed by atoms with Crippen LogP contribution in [0, 0.1) is 0 Å². The Morgan fingerprint density at radius 3 is 1.33 bits per heavy atom. The van der Waals surface area contributed by atoms with Gasteiger partial charge in [-0.2, -0.15) is 0 Å². The summed E-state index contributed by atoms with van der Waals surface area (Å²) in [6.07, 6.45) is 6.51. The normalized spacial score (nSPS) is 20.5. The summed E-state index contributed by atoms with van der Waals surface area (Å²) in [5, 5.41) is 16.3. The molecule has 0 bridgehead atoms. The van der Waals surface area contributed by atoms with Gasteiger partial charge in [0.2, 0.25) is 11.8 Å². The summed E-state index contributed by atoms with van der Waals surface area (Å²) in [6.45, 7) is 2.11. The lowest BCUT2D eigenvalue weighted by Gasteiger charge is -2.39. The van der Waals surface area contributed by atoms with Crippen molar-refractivity contribution in [1.29, 1.82) is 0 Å². The predicted molar refractivity (Wildman–Crippen MR) is 195 cm³/mol. The van der Waals surface area contributed by atoms with Gasteiger partial charge in [-0.15, -0.1) is 10.2 Å². The molecule has 0 spiro atoms. The first-order valence-electron chi connectivity index (χ1n) is 17.6. The van der Waals surface area contributed by atoms with Crippen molar-refractivity contribution in [2.75, 3.05) is 27.2 Å². The molecule has 244 valence electrons. The van der Waals surface area contributed by atoms with E-state index in [4.69, 9.17) is 19.7 Å². The number of rotatable bonds is 8. The average Bonchev–Trinajstić information content (AvgIpc) is 3.14. The zero-order valence-electron chi connectivity index (χ0n) is 28.0. The molecule has 2 aliphatic rings. The number of likely N-dealkylation sites (tertiary alicyclic amines) is 2. The van der Waals surface area contributed by atoms with Gasteiger partial charge < -0.3 is 9.47 Å². The van der Waals surface area contributed by atoms with Crippen molar-refractivity contribution < 1.29 is 9.47 Å². The van der Waals surface area contributed by atoms with Gasteiger partial charge in [0, 0.05) is 11.1 Å². The van der Waals surface area contributed by atoms with Gasteiger partial charge in [-0.3, -0.25) is 9.80 Å². The Hall–Kier alpha value is -4.52. The third-order valence-electron chi connectivity index (χ3n) is 10.7. The maximum Gasteiger partial charge on any atom is 0.242 e. The van der Waals surface area contributed by atoms with Crippen molar-refractivity contribution in [3.63, 3.8) is 0 Å². The molecular formula is C42H44N4O2. The first-order valence-corrected chi connectivity index (χ1v) is 17.6. The topological polar surface area (TPSA) is 50.7 Å². The Kier molecular flexibility index (Phi) is 8.68. The minimum Gasteiger partial charge on any atom is -0.466 e. The van der Waals surface area contributed by atoms with E-state index in [-0.39, 0.29) is 24.3 Å². The lowest BCUT2D eigenvalue weighted by molar-refractivity contribution is 0.0512. The molecule has 0 N–H and O–H groups in total. The molecule has 5 aromatic carbocycles. The van der Waals surface area contributed by atoms with Crippen LogP contribution in [0.4, 0.5) is 0 Å². The molecule has 8 rings (SSSR count). The summed E-state index contributed by atoms with van der Waals surface area (Å²) < 4.78 is 14.2. The van der Waals surface area contributed by atoms with Crippen LogP contribution in [0.5, 0.6) is 11.8 Å². The van der Waals surface area contributed by atoms with Gasteiger partial charge in [-0.1, -0.05) is 110 Å². The van der Waals surface area contributed by atoms with Gasteiger partial charge in [0.1, 0.15) is 12.2 Å². The van der Waals surface area contributed by atoms with E-state index in [0.717, 1.165) is 36.7 Å². The Bertz CT molecular complexity index is 1890. The summed E-state index contributed by atoms with van der Waals surface area (Å²) in [6, 6.07) is 39.0. The van der Waals surface area contributed by atoms with Crippen molar-refractivity contribution in [3.05, 3.63) is 120 Å². The third-order valence-corrected chi connectivity index (χ3v) is 10.7. The second kappa shape index (κ2) is 13.5. The van der Waals surface area contributed by atoms with Crippen LogP contribution >= 0.6 is 0 Å². The van der Waals surface area contributed by atoms with E-state index in [9.17, 15) is 0 Å². The third kappa shape index (κ3) is 5.88. The van der Waals surface area contributed by atoms with Crippen LogP contribution in [0.15, 0.2) is 109 Å². The molecule has 48 heavy (non-hydrogen) atoms. The highest BCUT2D eigenvalue weighted by Gasteiger charge is 2.35. The van der Waals surface area contributed by atoms with Crippen molar-refractivity contribution >= 4 is 32.3 Å². The van der Waals surface area contributed by atoms with Crippen molar-refractivity contribution in [2.45, 2.75) is 62.8 Å². The van der Waals surface area contributed by atoms with Gasteiger partial charge in [0.25, 0.3) is 0 Å². The molecule has 0 radical (unpaired) electrons. The molecular weight excluding hydrogens is 592 g/mol. The molecule has 0 amide bonds. The maximum absolute atomic E-state index is 7.09. The van der Waals surface area contributed by atoms with Gasteiger partial charge in [-0.05, 0) is 86.5 Å². The summed E-state index contributed by atoms with van der Waals surface area (Å²) in [4.78, 5) is 4.91. The van der Waals surface area contributed by atoms with Crippen LogP contribution in [0.1, 0.15) is 61.9 Å². The molecule has 6 heteroatoms. The molecule has 0 aliphatic carbocycles. The van der Waals surface area contributed by atoms with Crippen LogP contribution in [-0.2, 0) is 0 Å². The fourth-order valence-corrected chi connectivity index (χ4v) is 8.13. The highest BCUT2D eigenvalue weighted by molar-refractivity contribution is 5.91.